The number of nitrogens with zero attached hydrogens (tertiary/aromatic N) is 2. The number of para-hydroxylation sites is 1. The molecule has 2 aromatic rings. The topological polar surface area (TPSA) is 52.6 Å². The molecule has 0 radical (unpaired) electrons. The van der Waals surface area contributed by atoms with E-state index in [9.17, 15) is 9.59 Å². The summed E-state index contributed by atoms with van der Waals surface area (Å²) in [6, 6.07) is 14.5. The van der Waals surface area contributed by atoms with Gasteiger partial charge in [0.15, 0.2) is 0 Å². The number of hydrogen-bond donors (Lipinski definition) is 1. The summed E-state index contributed by atoms with van der Waals surface area (Å²) in [6.45, 7) is 6.84. The second-order valence-electron chi connectivity index (χ2n) is 6.37. The Morgan fingerprint density at radius 1 is 1.04 bits per heavy atom. The van der Waals surface area contributed by atoms with Gasteiger partial charge < -0.3 is 15.1 Å². The predicted molar refractivity (Wildman–Crippen MR) is 99.9 cm³/mol. The lowest BCUT2D eigenvalue weighted by atomic mass is 10.1. The molecule has 1 fully saturated rings. The Hall–Kier alpha value is -2.82. The van der Waals surface area contributed by atoms with Crippen LogP contribution in [0.3, 0.4) is 0 Å². The number of piperazine rings is 1. The SMILES string of the molecule is Cc1cccc(N2CCN(C(=O)Nc3ccccc3)C(C)C2=O)c1C. The first-order valence-corrected chi connectivity index (χ1v) is 8.49. The van der Waals surface area contributed by atoms with Crippen molar-refractivity contribution in [1.82, 2.24) is 4.90 Å². The van der Waals surface area contributed by atoms with Crippen LogP contribution in [0.25, 0.3) is 0 Å². The largest absolute Gasteiger partial charge is 0.322 e. The number of aryl methyl sites for hydroxylation is 1. The molecule has 0 aromatic heterocycles. The first-order valence-electron chi connectivity index (χ1n) is 8.49. The van der Waals surface area contributed by atoms with Crippen molar-refractivity contribution in [3.63, 3.8) is 0 Å². The van der Waals surface area contributed by atoms with Crippen molar-refractivity contribution in [3.8, 4) is 0 Å². The maximum atomic E-state index is 12.9. The highest BCUT2D eigenvalue weighted by molar-refractivity contribution is 6.02. The molecule has 1 aliphatic rings. The van der Waals surface area contributed by atoms with Crippen LogP contribution in [0.1, 0.15) is 18.1 Å². The van der Waals surface area contributed by atoms with Gasteiger partial charge in [-0.1, -0.05) is 30.3 Å². The molecule has 0 spiro atoms. The van der Waals surface area contributed by atoms with Crippen LogP contribution in [0.15, 0.2) is 48.5 Å². The lowest BCUT2D eigenvalue weighted by Gasteiger charge is -2.39. The molecule has 0 saturated carbocycles. The maximum Gasteiger partial charge on any atom is 0.322 e. The quantitative estimate of drug-likeness (QED) is 0.911. The first kappa shape index (κ1) is 17.0. The van der Waals surface area contributed by atoms with Crippen LogP contribution in [0.2, 0.25) is 0 Å². The number of anilines is 2. The van der Waals surface area contributed by atoms with E-state index in [1.807, 2.05) is 62.4 Å². The first-order chi connectivity index (χ1) is 12.0. The average Bonchev–Trinajstić information content (AvgIpc) is 2.61. The van der Waals surface area contributed by atoms with Gasteiger partial charge in [-0.2, -0.15) is 0 Å². The summed E-state index contributed by atoms with van der Waals surface area (Å²) in [6.07, 6.45) is 0. The Labute approximate surface area is 148 Å². The third kappa shape index (κ3) is 3.36. The van der Waals surface area contributed by atoms with Gasteiger partial charge in [-0.05, 0) is 50.1 Å². The van der Waals surface area contributed by atoms with E-state index in [2.05, 4.69) is 5.32 Å². The fraction of sp³-hybridized carbons (Fsp3) is 0.300. The van der Waals surface area contributed by atoms with E-state index >= 15 is 0 Å². The van der Waals surface area contributed by atoms with E-state index < -0.39 is 6.04 Å². The number of nitrogens with one attached hydrogen (secondary N) is 1. The summed E-state index contributed by atoms with van der Waals surface area (Å²) in [5, 5.41) is 2.85. The zero-order chi connectivity index (χ0) is 18.0. The van der Waals surface area contributed by atoms with Crippen LogP contribution < -0.4 is 10.2 Å². The van der Waals surface area contributed by atoms with E-state index in [0.29, 0.717) is 13.1 Å². The van der Waals surface area contributed by atoms with Crippen molar-refractivity contribution in [3.05, 3.63) is 59.7 Å². The Morgan fingerprint density at radius 3 is 2.48 bits per heavy atom. The molecule has 0 aliphatic carbocycles. The molecule has 130 valence electrons. The van der Waals surface area contributed by atoms with E-state index in [-0.39, 0.29) is 11.9 Å². The number of carbonyl (C=O) groups excluding carboxylic acids is 2. The average molecular weight is 337 g/mol. The Balaban J connectivity index is 1.75. The molecule has 2 aromatic carbocycles. The summed E-state index contributed by atoms with van der Waals surface area (Å²) < 4.78 is 0. The zero-order valence-corrected chi connectivity index (χ0v) is 14.8. The van der Waals surface area contributed by atoms with Gasteiger partial charge in [-0.25, -0.2) is 4.79 Å². The van der Waals surface area contributed by atoms with Gasteiger partial charge in [-0.15, -0.1) is 0 Å². The predicted octanol–water partition coefficient (Wildman–Crippen LogP) is 3.57. The number of rotatable bonds is 2. The van der Waals surface area contributed by atoms with Crippen LogP contribution in [-0.4, -0.2) is 36.0 Å². The van der Waals surface area contributed by atoms with Gasteiger partial charge in [0.05, 0.1) is 0 Å². The minimum atomic E-state index is -0.502. The van der Waals surface area contributed by atoms with Gasteiger partial charge in [-0.3, -0.25) is 4.79 Å². The van der Waals surface area contributed by atoms with Crippen molar-refractivity contribution in [2.45, 2.75) is 26.8 Å². The van der Waals surface area contributed by atoms with E-state index in [1.165, 1.54) is 0 Å². The van der Waals surface area contributed by atoms with Crippen molar-refractivity contribution in [2.24, 2.45) is 0 Å². The zero-order valence-electron chi connectivity index (χ0n) is 14.8. The normalized spacial score (nSPS) is 17.6. The molecule has 3 amide bonds. The summed E-state index contributed by atoms with van der Waals surface area (Å²) >= 11 is 0. The second-order valence-corrected chi connectivity index (χ2v) is 6.37. The maximum absolute atomic E-state index is 12.9. The number of carbonyl (C=O) groups is 2. The minimum Gasteiger partial charge on any atom is -0.311 e. The van der Waals surface area contributed by atoms with Crippen molar-refractivity contribution in [1.29, 1.82) is 0 Å². The van der Waals surface area contributed by atoms with Crippen LogP contribution in [-0.2, 0) is 4.79 Å². The van der Waals surface area contributed by atoms with Crippen LogP contribution in [0.5, 0.6) is 0 Å². The number of urea groups is 1. The highest BCUT2D eigenvalue weighted by Crippen LogP contribution is 2.26. The summed E-state index contributed by atoms with van der Waals surface area (Å²) in [7, 11) is 0. The van der Waals surface area contributed by atoms with Crippen LogP contribution in [0, 0.1) is 13.8 Å². The lowest BCUT2D eigenvalue weighted by molar-refractivity contribution is -0.123. The van der Waals surface area contributed by atoms with Crippen LogP contribution in [0.4, 0.5) is 16.2 Å². The fourth-order valence-electron chi connectivity index (χ4n) is 3.13. The smallest absolute Gasteiger partial charge is 0.311 e. The Bertz CT molecular complexity index is 789. The second kappa shape index (κ2) is 6.97. The van der Waals surface area contributed by atoms with Gasteiger partial charge in [0, 0.05) is 24.5 Å². The van der Waals surface area contributed by atoms with Crippen molar-refractivity contribution < 1.29 is 9.59 Å². The third-order valence-electron chi connectivity index (χ3n) is 4.81. The fourth-order valence-corrected chi connectivity index (χ4v) is 3.13. The molecule has 5 heteroatoms. The molecule has 25 heavy (non-hydrogen) atoms. The molecular formula is C20H23N3O2. The third-order valence-corrected chi connectivity index (χ3v) is 4.81. The summed E-state index contributed by atoms with van der Waals surface area (Å²) in [5.41, 5.74) is 3.91. The van der Waals surface area contributed by atoms with Gasteiger partial charge in [0.1, 0.15) is 6.04 Å². The van der Waals surface area contributed by atoms with E-state index in [1.54, 1.807) is 16.7 Å². The minimum absolute atomic E-state index is 0.0526. The highest BCUT2D eigenvalue weighted by Gasteiger charge is 2.35. The molecule has 1 aliphatic heterocycles. The highest BCUT2D eigenvalue weighted by atomic mass is 16.2. The van der Waals surface area contributed by atoms with Crippen molar-refractivity contribution in [2.75, 3.05) is 23.3 Å². The Morgan fingerprint density at radius 2 is 1.76 bits per heavy atom. The number of amides is 3. The van der Waals surface area contributed by atoms with E-state index in [4.69, 9.17) is 0 Å². The van der Waals surface area contributed by atoms with E-state index in [0.717, 1.165) is 22.5 Å². The number of benzene rings is 2. The summed E-state index contributed by atoms with van der Waals surface area (Å²) in [5.74, 6) is -0.0526. The standard InChI is InChI=1S/C20H23N3O2/c1-14-8-7-11-18(15(14)2)23-13-12-22(16(3)19(23)24)20(25)21-17-9-5-4-6-10-17/h4-11,16H,12-13H2,1-3H3,(H,21,25). The van der Waals surface area contributed by atoms with Crippen LogP contribution >= 0.6 is 0 Å². The molecule has 0 bridgehead atoms. The molecule has 1 heterocycles. The molecule has 5 nitrogen and oxygen atoms in total. The number of hydrogen-bond acceptors (Lipinski definition) is 2. The molecular weight excluding hydrogens is 314 g/mol. The molecule has 3 rings (SSSR count). The van der Waals surface area contributed by atoms with Gasteiger partial charge in [0.2, 0.25) is 5.91 Å². The van der Waals surface area contributed by atoms with Crippen molar-refractivity contribution >= 4 is 23.3 Å². The molecule has 1 saturated heterocycles. The molecule has 1 atom stereocenters. The lowest BCUT2D eigenvalue weighted by Crippen LogP contribution is -2.58. The molecule has 1 N–H and O–H groups in total. The van der Waals surface area contributed by atoms with Gasteiger partial charge >= 0.3 is 6.03 Å². The monoisotopic (exact) mass is 337 g/mol. The summed E-state index contributed by atoms with van der Waals surface area (Å²) in [4.78, 5) is 28.8. The Kier molecular flexibility index (Phi) is 4.74. The van der Waals surface area contributed by atoms with Gasteiger partial charge in [0.25, 0.3) is 0 Å². The molecule has 1 unspecified atom stereocenters.